The van der Waals surface area contributed by atoms with Crippen LogP contribution in [-0.2, 0) is 16.8 Å². The molecule has 0 radical (unpaired) electrons. The fraction of sp³-hybridized carbons (Fsp3) is 0.435. The van der Waals surface area contributed by atoms with Crippen LogP contribution in [0, 0.1) is 5.82 Å². The number of nitrogens with zero attached hydrogens (tertiary/aromatic N) is 2. The van der Waals surface area contributed by atoms with Crippen LogP contribution in [0.5, 0.6) is 0 Å². The normalized spacial score (nSPS) is 17.4. The molecular formula is C23H29FN2OS. The van der Waals surface area contributed by atoms with Crippen LogP contribution in [0.3, 0.4) is 0 Å². The number of likely N-dealkylation sites (N-methyl/N-ethyl adjacent to an activating group) is 1. The highest BCUT2D eigenvalue weighted by molar-refractivity contribution is 7.99. The Hall–Kier alpha value is -1.85. The SMILES string of the molecule is CN(CC(=O)N1CCSC1c1ccc(F)cc1)Cc1ccc(C(C)(C)C)cc1. The Morgan fingerprint density at radius 1 is 1.14 bits per heavy atom. The van der Waals surface area contributed by atoms with Gasteiger partial charge in [0.1, 0.15) is 11.2 Å². The molecule has 5 heteroatoms. The van der Waals surface area contributed by atoms with E-state index >= 15 is 0 Å². The molecule has 0 aliphatic carbocycles. The largest absolute Gasteiger partial charge is 0.325 e. The molecule has 1 atom stereocenters. The Kier molecular flexibility index (Phi) is 6.46. The number of hydrogen-bond donors (Lipinski definition) is 0. The number of benzene rings is 2. The Balaban J connectivity index is 1.59. The summed E-state index contributed by atoms with van der Waals surface area (Å²) in [5, 5.41) is -0.0208. The van der Waals surface area contributed by atoms with E-state index in [1.165, 1.54) is 23.3 Å². The van der Waals surface area contributed by atoms with E-state index in [4.69, 9.17) is 0 Å². The lowest BCUT2D eigenvalue weighted by atomic mass is 9.87. The standard InChI is InChI=1S/C23H29FN2OS/c1-23(2,3)19-9-5-17(6-10-19)15-25(4)16-21(27)26-13-14-28-22(26)18-7-11-20(24)12-8-18/h5-12,22H,13-16H2,1-4H3. The van der Waals surface area contributed by atoms with Crippen molar-refractivity contribution in [2.24, 2.45) is 0 Å². The van der Waals surface area contributed by atoms with Crippen molar-refractivity contribution in [2.75, 3.05) is 25.9 Å². The first-order valence-electron chi connectivity index (χ1n) is 9.68. The maximum absolute atomic E-state index is 13.2. The van der Waals surface area contributed by atoms with E-state index in [-0.39, 0.29) is 22.5 Å². The van der Waals surface area contributed by atoms with Crippen LogP contribution in [0.25, 0.3) is 0 Å². The van der Waals surface area contributed by atoms with E-state index in [0.29, 0.717) is 6.54 Å². The molecule has 2 aromatic carbocycles. The molecule has 1 aliphatic rings. The predicted molar refractivity (Wildman–Crippen MR) is 115 cm³/mol. The van der Waals surface area contributed by atoms with Crippen LogP contribution < -0.4 is 0 Å². The third kappa shape index (κ3) is 5.15. The van der Waals surface area contributed by atoms with Crippen LogP contribution in [-0.4, -0.2) is 41.6 Å². The Morgan fingerprint density at radius 3 is 2.39 bits per heavy atom. The van der Waals surface area contributed by atoms with E-state index in [2.05, 4.69) is 49.9 Å². The maximum Gasteiger partial charge on any atom is 0.237 e. The molecule has 1 aliphatic heterocycles. The molecule has 0 spiro atoms. The molecule has 1 unspecified atom stereocenters. The van der Waals surface area contributed by atoms with Crippen LogP contribution in [0.1, 0.15) is 42.8 Å². The summed E-state index contributed by atoms with van der Waals surface area (Å²) in [5.74, 6) is 0.779. The van der Waals surface area contributed by atoms with Gasteiger partial charge in [-0.25, -0.2) is 4.39 Å². The second kappa shape index (κ2) is 8.66. The third-order valence-corrected chi connectivity index (χ3v) is 6.30. The lowest BCUT2D eigenvalue weighted by Crippen LogP contribution is -2.38. The van der Waals surface area contributed by atoms with E-state index in [1.807, 2.05) is 11.9 Å². The van der Waals surface area contributed by atoms with Crippen molar-refractivity contribution in [1.82, 2.24) is 9.80 Å². The van der Waals surface area contributed by atoms with Crippen molar-refractivity contribution < 1.29 is 9.18 Å². The van der Waals surface area contributed by atoms with Crippen LogP contribution in [0.2, 0.25) is 0 Å². The van der Waals surface area contributed by atoms with Crippen molar-refractivity contribution in [2.45, 2.75) is 38.1 Å². The lowest BCUT2D eigenvalue weighted by Gasteiger charge is -2.27. The minimum atomic E-state index is -0.248. The monoisotopic (exact) mass is 400 g/mol. The van der Waals surface area contributed by atoms with Crippen molar-refractivity contribution in [1.29, 1.82) is 0 Å². The molecule has 2 aromatic rings. The maximum atomic E-state index is 13.2. The summed E-state index contributed by atoms with van der Waals surface area (Å²) in [6.07, 6.45) is 0. The summed E-state index contributed by atoms with van der Waals surface area (Å²) >= 11 is 1.74. The van der Waals surface area contributed by atoms with Crippen LogP contribution in [0.15, 0.2) is 48.5 Å². The summed E-state index contributed by atoms with van der Waals surface area (Å²) in [6.45, 7) is 8.46. The fourth-order valence-electron chi connectivity index (χ4n) is 3.43. The van der Waals surface area contributed by atoms with E-state index in [1.54, 1.807) is 23.9 Å². The number of carbonyl (C=O) groups is 1. The molecule has 0 saturated carbocycles. The van der Waals surface area contributed by atoms with E-state index in [9.17, 15) is 9.18 Å². The number of hydrogen-bond acceptors (Lipinski definition) is 3. The molecule has 3 rings (SSSR count). The van der Waals surface area contributed by atoms with Gasteiger partial charge < -0.3 is 4.90 Å². The fourth-order valence-corrected chi connectivity index (χ4v) is 4.71. The molecule has 0 bridgehead atoms. The number of amides is 1. The zero-order valence-electron chi connectivity index (χ0n) is 17.1. The minimum Gasteiger partial charge on any atom is -0.325 e. The zero-order chi connectivity index (χ0) is 20.3. The Bertz CT molecular complexity index is 799. The predicted octanol–water partition coefficient (Wildman–Crippen LogP) is 4.83. The molecule has 0 aromatic heterocycles. The highest BCUT2D eigenvalue weighted by Gasteiger charge is 2.30. The van der Waals surface area contributed by atoms with E-state index < -0.39 is 0 Å². The molecule has 0 N–H and O–H groups in total. The smallest absolute Gasteiger partial charge is 0.237 e. The molecule has 3 nitrogen and oxygen atoms in total. The number of halogens is 1. The van der Waals surface area contributed by atoms with Gasteiger partial charge >= 0.3 is 0 Å². The second-order valence-electron chi connectivity index (χ2n) is 8.48. The number of rotatable bonds is 5. The highest BCUT2D eigenvalue weighted by atomic mass is 32.2. The summed E-state index contributed by atoms with van der Waals surface area (Å²) in [7, 11) is 1.98. The molecule has 1 heterocycles. The number of thioether (sulfide) groups is 1. The van der Waals surface area contributed by atoms with Gasteiger partial charge in [0.15, 0.2) is 0 Å². The molecule has 1 saturated heterocycles. The first-order chi connectivity index (χ1) is 13.2. The van der Waals surface area contributed by atoms with Gasteiger partial charge in [-0.1, -0.05) is 57.2 Å². The average molecular weight is 401 g/mol. The van der Waals surface area contributed by atoms with Gasteiger partial charge in [-0.15, -0.1) is 11.8 Å². The van der Waals surface area contributed by atoms with Crippen LogP contribution in [0.4, 0.5) is 4.39 Å². The molecule has 150 valence electrons. The topological polar surface area (TPSA) is 23.6 Å². The molecule has 1 amide bonds. The van der Waals surface area contributed by atoms with Crippen LogP contribution >= 0.6 is 11.8 Å². The average Bonchev–Trinajstić information content (AvgIpc) is 3.12. The van der Waals surface area contributed by atoms with Crippen molar-refractivity contribution in [3.63, 3.8) is 0 Å². The summed E-state index contributed by atoms with van der Waals surface area (Å²) in [4.78, 5) is 16.8. The minimum absolute atomic E-state index is 0.0208. The molecular weight excluding hydrogens is 371 g/mol. The lowest BCUT2D eigenvalue weighted by molar-refractivity contribution is -0.132. The van der Waals surface area contributed by atoms with E-state index in [0.717, 1.165) is 24.4 Å². The number of carbonyl (C=O) groups excluding carboxylic acids is 1. The van der Waals surface area contributed by atoms with Crippen molar-refractivity contribution in [3.05, 3.63) is 71.0 Å². The van der Waals surface area contributed by atoms with Gasteiger partial charge in [0.2, 0.25) is 5.91 Å². The van der Waals surface area contributed by atoms with Gasteiger partial charge in [-0.3, -0.25) is 9.69 Å². The Labute approximate surface area is 171 Å². The summed E-state index contributed by atoms with van der Waals surface area (Å²) in [6, 6.07) is 15.1. The molecule has 1 fully saturated rings. The van der Waals surface area contributed by atoms with Crippen molar-refractivity contribution in [3.8, 4) is 0 Å². The van der Waals surface area contributed by atoms with Gasteiger partial charge in [0, 0.05) is 18.8 Å². The van der Waals surface area contributed by atoms with Gasteiger partial charge in [-0.05, 0) is 41.3 Å². The second-order valence-corrected chi connectivity index (χ2v) is 9.67. The van der Waals surface area contributed by atoms with Crippen molar-refractivity contribution >= 4 is 17.7 Å². The third-order valence-electron chi connectivity index (χ3n) is 5.04. The summed E-state index contributed by atoms with van der Waals surface area (Å²) in [5.41, 5.74) is 3.64. The first-order valence-corrected chi connectivity index (χ1v) is 10.7. The quantitative estimate of drug-likeness (QED) is 0.718. The zero-order valence-corrected chi connectivity index (χ0v) is 17.9. The van der Waals surface area contributed by atoms with Gasteiger partial charge in [-0.2, -0.15) is 0 Å². The first kappa shape index (κ1) is 20.9. The summed E-state index contributed by atoms with van der Waals surface area (Å²) < 4.78 is 13.2. The Morgan fingerprint density at radius 2 is 1.79 bits per heavy atom. The van der Waals surface area contributed by atoms with Gasteiger partial charge in [0.05, 0.1) is 6.54 Å². The molecule has 28 heavy (non-hydrogen) atoms. The van der Waals surface area contributed by atoms with Gasteiger partial charge in [0.25, 0.3) is 0 Å². The highest BCUT2D eigenvalue weighted by Crippen LogP contribution is 2.37.